The first-order valence-corrected chi connectivity index (χ1v) is 17.7. The molecule has 0 bridgehead atoms. The molecule has 1 atom stereocenters. The molecule has 6 rings (SSSR count). The summed E-state index contributed by atoms with van der Waals surface area (Å²) in [5.41, 5.74) is 7.36. The Balaban J connectivity index is 0.975. The fraction of sp³-hybridized carbons (Fsp3) is 0.317. The number of aliphatic hydroxyl groups excluding tert-OH is 4. The lowest BCUT2D eigenvalue weighted by Crippen LogP contribution is -2.38. The first-order chi connectivity index (χ1) is 25.8. The van der Waals surface area contributed by atoms with Gasteiger partial charge in [0, 0.05) is 28.4 Å². The van der Waals surface area contributed by atoms with Crippen molar-refractivity contribution in [2.45, 2.75) is 65.2 Å². The summed E-state index contributed by atoms with van der Waals surface area (Å²) in [4.78, 5) is 12.7. The van der Waals surface area contributed by atoms with Gasteiger partial charge >= 0.3 is 0 Å². The molecule has 12 heteroatoms. The number of benzene rings is 4. The Morgan fingerprint density at radius 1 is 0.698 bits per heavy atom. The standard InChI is InChI=1S/C41H45N3O9/c1-25-7-10-34-32(15-25)41(49)43-40(42-34)27-9-11-36(31(16-27)23-47)51-13-5-3-4-6-14-52-39-19-26(8-12-37(39)50-2)35-20-38(53-44-35)28-17-29(21-45)33(24-48)30(18-28)22-46/h7-12,15-20,40,42,45-48H,3-6,13-14,21-24H2,1-2H3,(H,43,49). The Hall–Kier alpha value is -5.40. The minimum Gasteiger partial charge on any atom is -0.493 e. The molecule has 0 saturated heterocycles. The van der Waals surface area contributed by atoms with Crippen LogP contribution in [0.4, 0.5) is 5.69 Å². The zero-order valence-corrected chi connectivity index (χ0v) is 29.9. The second-order valence-corrected chi connectivity index (χ2v) is 12.9. The first kappa shape index (κ1) is 37.4. The van der Waals surface area contributed by atoms with Crippen molar-refractivity contribution in [2.24, 2.45) is 0 Å². The number of fused-ring (bicyclic) bond motifs is 1. The number of nitrogens with one attached hydrogen (secondary N) is 2. The third-order valence-electron chi connectivity index (χ3n) is 9.32. The molecule has 1 aliphatic rings. The number of rotatable bonds is 17. The minimum atomic E-state index is -0.415. The fourth-order valence-corrected chi connectivity index (χ4v) is 6.43. The van der Waals surface area contributed by atoms with Crippen LogP contribution < -0.4 is 24.8 Å². The largest absolute Gasteiger partial charge is 0.493 e. The molecule has 0 spiro atoms. The number of ether oxygens (including phenoxy) is 3. The van der Waals surface area contributed by atoms with E-state index in [1.54, 1.807) is 25.3 Å². The van der Waals surface area contributed by atoms with Crippen LogP contribution in [-0.2, 0) is 26.4 Å². The summed E-state index contributed by atoms with van der Waals surface area (Å²) in [6, 6.07) is 22.0. The number of nitrogens with zero attached hydrogens (tertiary/aromatic N) is 1. The molecule has 4 aromatic carbocycles. The maximum absolute atomic E-state index is 12.7. The van der Waals surface area contributed by atoms with Gasteiger partial charge in [0.25, 0.3) is 5.91 Å². The number of carbonyl (C=O) groups is 1. The van der Waals surface area contributed by atoms with Crippen molar-refractivity contribution >= 4 is 11.6 Å². The van der Waals surface area contributed by atoms with Crippen LogP contribution in [0.2, 0.25) is 0 Å². The van der Waals surface area contributed by atoms with Crippen LogP contribution in [0.5, 0.6) is 17.2 Å². The Labute approximate surface area is 308 Å². The maximum atomic E-state index is 12.7. The van der Waals surface area contributed by atoms with Crippen molar-refractivity contribution in [3.05, 3.63) is 112 Å². The number of hydrogen-bond acceptors (Lipinski definition) is 11. The lowest BCUT2D eigenvalue weighted by atomic mass is 9.97. The number of aromatic nitrogens is 1. The second kappa shape index (κ2) is 17.4. The number of aliphatic hydroxyl groups is 4. The molecule has 12 nitrogen and oxygen atoms in total. The lowest BCUT2D eigenvalue weighted by Gasteiger charge is -2.29. The number of carbonyl (C=O) groups excluding carboxylic acids is 1. The number of methoxy groups -OCH3 is 1. The highest BCUT2D eigenvalue weighted by Crippen LogP contribution is 2.35. The van der Waals surface area contributed by atoms with Crippen LogP contribution in [0.3, 0.4) is 0 Å². The molecule has 0 fully saturated rings. The molecule has 6 N–H and O–H groups in total. The van der Waals surface area contributed by atoms with Gasteiger partial charge in [-0.2, -0.15) is 0 Å². The Bertz CT molecular complexity index is 2020. The fourth-order valence-electron chi connectivity index (χ4n) is 6.43. The average molecular weight is 724 g/mol. The van der Waals surface area contributed by atoms with Crippen LogP contribution in [0.1, 0.15) is 75.6 Å². The average Bonchev–Trinajstić information content (AvgIpc) is 3.69. The predicted molar refractivity (Wildman–Crippen MR) is 199 cm³/mol. The molecule has 1 aliphatic heterocycles. The van der Waals surface area contributed by atoms with Gasteiger partial charge in [0.2, 0.25) is 0 Å². The summed E-state index contributed by atoms with van der Waals surface area (Å²) in [6.45, 7) is 1.89. The molecule has 1 unspecified atom stereocenters. The van der Waals surface area contributed by atoms with E-state index in [1.807, 2.05) is 61.5 Å². The van der Waals surface area contributed by atoms with E-state index in [-0.39, 0.29) is 32.3 Å². The van der Waals surface area contributed by atoms with Crippen LogP contribution in [0.25, 0.3) is 22.6 Å². The highest BCUT2D eigenvalue weighted by molar-refractivity contribution is 6.01. The SMILES string of the molecule is COc1ccc(-c2cc(-c3cc(CO)c(CO)c(CO)c3)on2)cc1OCCCCCCOc1ccc(C2NC(=O)c3cc(C)ccc3N2)cc1CO. The summed E-state index contributed by atoms with van der Waals surface area (Å²) < 4.78 is 23.3. The number of aryl methyl sites for hydroxylation is 1. The summed E-state index contributed by atoms with van der Waals surface area (Å²) in [5, 5.41) is 49.9. The van der Waals surface area contributed by atoms with Gasteiger partial charge in [0.1, 0.15) is 17.6 Å². The minimum absolute atomic E-state index is 0.141. The second-order valence-electron chi connectivity index (χ2n) is 12.9. The lowest BCUT2D eigenvalue weighted by molar-refractivity contribution is 0.0935. The zero-order chi connectivity index (χ0) is 37.3. The van der Waals surface area contributed by atoms with E-state index >= 15 is 0 Å². The molecule has 53 heavy (non-hydrogen) atoms. The molecule has 0 saturated carbocycles. The van der Waals surface area contributed by atoms with Gasteiger partial charge < -0.3 is 49.8 Å². The molecule has 0 aliphatic carbocycles. The van der Waals surface area contributed by atoms with Gasteiger partial charge in [-0.3, -0.25) is 4.79 Å². The number of anilines is 1. The molecule has 0 radical (unpaired) electrons. The quantitative estimate of drug-likeness (QED) is 0.0606. The number of hydrogen-bond donors (Lipinski definition) is 6. The monoisotopic (exact) mass is 723 g/mol. The smallest absolute Gasteiger partial charge is 0.255 e. The van der Waals surface area contributed by atoms with E-state index < -0.39 is 6.17 Å². The predicted octanol–water partition coefficient (Wildman–Crippen LogP) is 6.17. The molecule has 278 valence electrons. The van der Waals surface area contributed by atoms with Gasteiger partial charge in [-0.15, -0.1) is 0 Å². The van der Waals surface area contributed by atoms with E-state index in [2.05, 4.69) is 15.8 Å². The normalized spacial score (nSPS) is 13.6. The molecular formula is C41H45N3O9. The summed E-state index contributed by atoms with van der Waals surface area (Å²) >= 11 is 0. The van der Waals surface area contributed by atoms with E-state index in [9.17, 15) is 25.2 Å². The van der Waals surface area contributed by atoms with Crippen molar-refractivity contribution in [1.82, 2.24) is 10.5 Å². The maximum Gasteiger partial charge on any atom is 0.255 e. The van der Waals surface area contributed by atoms with Crippen LogP contribution in [0, 0.1) is 6.92 Å². The molecular weight excluding hydrogens is 678 g/mol. The first-order valence-electron chi connectivity index (χ1n) is 17.7. The number of amides is 1. The highest BCUT2D eigenvalue weighted by atomic mass is 16.5. The summed E-state index contributed by atoms with van der Waals surface area (Å²) in [6.07, 6.45) is 3.10. The molecule has 1 aromatic heterocycles. The van der Waals surface area contributed by atoms with Crippen molar-refractivity contribution < 1.29 is 44.0 Å². The van der Waals surface area contributed by atoms with Gasteiger partial charge in [-0.25, -0.2) is 0 Å². The van der Waals surface area contributed by atoms with Crippen molar-refractivity contribution in [2.75, 3.05) is 25.6 Å². The Kier molecular flexibility index (Phi) is 12.3. The number of unbranched alkanes of at least 4 members (excludes halogenated alkanes) is 3. The van der Waals surface area contributed by atoms with E-state index in [1.165, 1.54) is 0 Å². The van der Waals surface area contributed by atoms with Gasteiger partial charge in [0.05, 0.1) is 52.3 Å². The van der Waals surface area contributed by atoms with Crippen LogP contribution >= 0.6 is 0 Å². The summed E-state index contributed by atoms with van der Waals surface area (Å²) in [5.74, 6) is 2.11. The topological polar surface area (TPSA) is 176 Å². The van der Waals surface area contributed by atoms with Gasteiger partial charge in [0.15, 0.2) is 17.3 Å². The van der Waals surface area contributed by atoms with Crippen LogP contribution in [-0.4, -0.2) is 51.8 Å². The van der Waals surface area contributed by atoms with E-state index in [0.29, 0.717) is 75.3 Å². The molecule has 5 aromatic rings. The third-order valence-corrected chi connectivity index (χ3v) is 9.32. The van der Waals surface area contributed by atoms with Gasteiger partial charge in [-0.05, 0) is 109 Å². The van der Waals surface area contributed by atoms with Crippen molar-refractivity contribution in [3.8, 4) is 39.8 Å². The molecule has 2 heterocycles. The zero-order valence-electron chi connectivity index (χ0n) is 29.9. The van der Waals surface area contributed by atoms with Crippen molar-refractivity contribution in [3.63, 3.8) is 0 Å². The highest BCUT2D eigenvalue weighted by Gasteiger charge is 2.25. The Morgan fingerprint density at radius 2 is 1.40 bits per heavy atom. The summed E-state index contributed by atoms with van der Waals surface area (Å²) in [7, 11) is 1.59. The van der Waals surface area contributed by atoms with E-state index in [0.717, 1.165) is 48.1 Å². The Morgan fingerprint density at radius 3 is 2.08 bits per heavy atom. The van der Waals surface area contributed by atoms with E-state index in [4.69, 9.17) is 18.7 Å². The van der Waals surface area contributed by atoms with Gasteiger partial charge in [-0.1, -0.05) is 22.9 Å². The third kappa shape index (κ3) is 8.64. The van der Waals surface area contributed by atoms with Crippen LogP contribution in [0.15, 0.2) is 77.3 Å². The molecule has 1 amide bonds. The van der Waals surface area contributed by atoms with Crippen molar-refractivity contribution in [1.29, 1.82) is 0 Å².